The number of hydrogen-bond donors (Lipinski definition) is 2. The fourth-order valence-electron chi connectivity index (χ4n) is 0.906. The van der Waals surface area contributed by atoms with Crippen LogP contribution in [-0.2, 0) is 0 Å². The van der Waals surface area contributed by atoms with Gasteiger partial charge >= 0.3 is 6.03 Å². The number of anilines is 1. The van der Waals surface area contributed by atoms with Crippen molar-refractivity contribution >= 4 is 11.9 Å². The van der Waals surface area contributed by atoms with Crippen LogP contribution in [0, 0.1) is 6.92 Å². The number of amides is 2. The third-order valence-electron chi connectivity index (χ3n) is 1.35. The van der Waals surface area contributed by atoms with E-state index in [0.717, 1.165) is 5.69 Å². The van der Waals surface area contributed by atoms with Crippen LogP contribution >= 0.6 is 0 Å². The number of rotatable bonds is 1. The van der Waals surface area contributed by atoms with Gasteiger partial charge in [-0.25, -0.2) is 4.79 Å². The Bertz CT molecular complexity index is 325. The fraction of sp³-hybridized carbons (Fsp3) is 0.556. The van der Waals surface area contributed by atoms with E-state index in [0.29, 0.717) is 5.88 Å². The summed E-state index contributed by atoms with van der Waals surface area (Å²) >= 11 is 0. The number of hydrogen-bond acceptors (Lipinski definition) is 3. The topological polar surface area (TPSA) is 67.2 Å². The van der Waals surface area contributed by atoms with Gasteiger partial charge in [-0.15, -0.1) is 0 Å². The van der Waals surface area contributed by atoms with Gasteiger partial charge in [0, 0.05) is 11.6 Å². The van der Waals surface area contributed by atoms with E-state index in [1.807, 2.05) is 20.8 Å². The first-order chi connectivity index (χ1) is 6.37. The van der Waals surface area contributed by atoms with Gasteiger partial charge in [-0.1, -0.05) is 5.16 Å². The number of nitrogens with one attached hydrogen (secondary N) is 2. The molecule has 0 saturated carbocycles. The number of urea groups is 1. The molecule has 0 fully saturated rings. The number of carbonyl (C=O) groups excluding carboxylic acids is 1. The molecule has 0 saturated heterocycles. The van der Waals surface area contributed by atoms with E-state index in [4.69, 9.17) is 4.52 Å². The largest absolute Gasteiger partial charge is 0.338 e. The second-order valence-electron chi connectivity index (χ2n) is 4.16. The smallest absolute Gasteiger partial charge is 0.322 e. The monoisotopic (exact) mass is 197 g/mol. The van der Waals surface area contributed by atoms with Gasteiger partial charge in [-0.3, -0.25) is 5.32 Å². The molecule has 2 amide bonds. The maximum Gasteiger partial charge on any atom is 0.322 e. The molecular weight excluding hydrogens is 182 g/mol. The van der Waals surface area contributed by atoms with E-state index in [2.05, 4.69) is 15.8 Å². The number of aromatic nitrogens is 1. The average molecular weight is 197 g/mol. The van der Waals surface area contributed by atoms with Crippen molar-refractivity contribution in [3.63, 3.8) is 0 Å². The molecule has 0 aliphatic heterocycles. The highest BCUT2D eigenvalue weighted by atomic mass is 16.5. The zero-order chi connectivity index (χ0) is 10.8. The van der Waals surface area contributed by atoms with Gasteiger partial charge < -0.3 is 9.84 Å². The summed E-state index contributed by atoms with van der Waals surface area (Å²) in [5.74, 6) is 0.351. The van der Waals surface area contributed by atoms with Gasteiger partial charge in [0.15, 0.2) is 0 Å². The van der Waals surface area contributed by atoms with Gasteiger partial charge in [0.1, 0.15) is 0 Å². The summed E-state index contributed by atoms with van der Waals surface area (Å²) in [7, 11) is 0. The molecule has 0 aliphatic carbocycles. The molecule has 0 aliphatic rings. The van der Waals surface area contributed by atoms with E-state index in [9.17, 15) is 4.79 Å². The molecule has 0 unspecified atom stereocenters. The van der Waals surface area contributed by atoms with Crippen molar-refractivity contribution in [1.29, 1.82) is 0 Å². The number of nitrogens with zero attached hydrogens (tertiary/aromatic N) is 1. The molecule has 0 aromatic carbocycles. The van der Waals surface area contributed by atoms with Gasteiger partial charge in [0.2, 0.25) is 5.88 Å². The van der Waals surface area contributed by atoms with Gasteiger partial charge in [0.25, 0.3) is 0 Å². The van der Waals surface area contributed by atoms with Crippen LogP contribution in [0.1, 0.15) is 26.5 Å². The van der Waals surface area contributed by atoms with Crippen LogP contribution in [0.15, 0.2) is 10.6 Å². The summed E-state index contributed by atoms with van der Waals surface area (Å²) in [6.45, 7) is 7.49. The molecule has 1 heterocycles. The highest BCUT2D eigenvalue weighted by Gasteiger charge is 2.14. The molecule has 1 aromatic rings. The van der Waals surface area contributed by atoms with Crippen molar-refractivity contribution in [3.8, 4) is 0 Å². The molecule has 5 heteroatoms. The van der Waals surface area contributed by atoms with Crippen molar-refractivity contribution in [2.24, 2.45) is 0 Å². The third-order valence-corrected chi connectivity index (χ3v) is 1.35. The van der Waals surface area contributed by atoms with Crippen molar-refractivity contribution in [2.75, 3.05) is 5.32 Å². The second kappa shape index (κ2) is 3.69. The Hall–Kier alpha value is -1.52. The Labute approximate surface area is 82.8 Å². The fourth-order valence-corrected chi connectivity index (χ4v) is 0.906. The molecular formula is C9H15N3O2. The summed E-state index contributed by atoms with van der Waals surface area (Å²) < 4.78 is 4.83. The van der Waals surface area contributed by atoms with E-state index < -0.39 is 0 Å². The molecule has 1 aromatic heterocycles. The SMILES string of the molecule is Cc1cc(NC(=O)NC(C)(C)C)on1. The first-order valence-electron chi connectivity index (χ1n) is 4.39. The van der Waals surface area contributed by atoms with Crippen LogP contribution < -0.4 is 10.6 Å². The number of carbonyl (C=O) groups is 1. The molecule has 0 bridgehead atoms. The lowest BCUT2D eigenvalue weighted by atomic mass is 10.1. The molecule has 0 spiro atoms. The van der Waals surface area contributed by atoms with Crippen LogP contribution in [0.3, 0.4) is 0 Å². The van der Waals surface area contributed by atoms with Crippen LogP contribution in [0.2, 0.25) is 0 Å². The molecule has 0 atom stereocenters. The summed E-state index contributed by atoms with van der Waals surface area (Å²) in [6, 6.07) is 1.36. The quantitative estimate of drug-likeness (QED) is 0.722. The maximum absolute atomic E-state index is 11.3. The van der Waals surface area contributed by atoms with Crippen LogP contribution in [0.4, 0.5) is 10.7 Å². The van der Waals surface area contributed by atoms with Crippen molar-refractivity contribution in [3.05, 3.63) is 11.8 Å². The van der Waals surface area contributed by atoms with Crippen molar-refractivity contribution in [2.45, 2.75) is 33.2 Å². The molecule has 2 N–H and O–H groups in total. The second-order valence-corrected chi connectivity index (χ2v) is 4.16. The molecule has 14 heavy (non-hydrogen) atoms. The molecule has 5 nitrogen and oxygen atoms in total. The van der Waals surface area contributed by atoms with Gasteiger partial charge in [-0.2, -0.15) is 0 Å². The third kappa shape index (κ3) is 3.47. The minimum atomic E-state index is -0.298. The van der Waals surface area contributed by atoms with Gasteiger partial charge in [-0.05, 0) is 27.7 Å². The van der Waals surface area contributed by atoms with Crippen molar-refractivity contribution < 1.29 is 9.32 Å². The van der Waals surface area contributed by atoms with Crippen LogP contribution in [0.25, 0.3) is 0 Å². The Morgan fingerprint density at radius 2 is 2.14 bits per heavy atom. The van der Waals surface area contributed by atoms with Gasteiger partial charge in [0.05, 0.1) is 5.69 Å². The predicted octanol–water partition coefficient (Wildman–Crippen LogP) is 1.90. The minimum Gasteiger partial charge on any atom is -0.338 e. The Kier molecular flexibility index (Phi) is 2.78. The zero-order valence-corrected chi connectivity index (χ0v) is 8.84. The highest BCUT2D eigenvalue weighted by Crippen LogP contribution is 2.08. The molecule has 78 valence electrons. The maximum atomic E-state index is 11.3. The first-order valence-corrected chi connectivity index (χ1v) is 4.39. The van der Waals surface area contributed by atoms with E-state index in [1.54, 1.807) is 13.0 Å². The summed E-state index contributed by atoms with van der Waals surface area (Å²) in [5, 5.41) is 8.93. The summed E-state index contributed by atoms with van der Waals surface area (Å²) in [5.41, 5.74) is 0.468. The lowest BCUT2D eigenvalue weighted by molar-refractivity contribution is 0.243. The van der Waals surface area contributed by atoms with Crippen LogP contribution in [0.5, 0.6) is 0 Å². The predicted molar refractivity (Wildman–Crippen MR) is 53.1 cm³/mol. The van der Waals surface area contributed by atoms with E-state index in [1.165, 1.54) is 0 Å². The lowest BCUT2D eigenvalue weighted by Gasteiger charge is -2.19. The Morgan fingerprint density at radius 1 is 1.50 bits per heavy atom. The summed E-state index contributed by atoms with van der Waals surface area (Å²) in [4.78, 5) is 11.3. The average Bonchev–Trinajstić information content (AvgIpc) is 2.30. The Morgan fingerprint density at radius 3 is 2.57 bits per heavy atom. The highest BCUT2D eigenvalue weighted by molar-refractivity contribution is 5.88. The van der Waals surface area contributed by atoms with E-state index in [-0.39, 0.29) is 11.6 Å². The summed E-state index contributed by atoms with van der Waals surface area (Å²) in [6.07, 6.45) is 0. The lowest BCUT2D eigenvalue weighted by Crippen LogP contribution is -2.43. The number of aryl methyl sites for hydroxylation is 1. The molecule has 1 rings (SSSR count). The Balaban J connectivity index is 2.50. The minimum absolute atomic E-state index is 0.265. The van der Waals surface area contributed by atoms with E-state index >= 15 is 0 Å². The normalized spacial score (nSPS) is 11.1. The van der Waals surface area contributed by atoms with Crippen LogP contribution in [-0.4, -0.2) is 16.7 Å². The zero-order valence-electron chi connectivity index (χ0n) is 8.84. The standard InChI is InChI=1S/C9H15N3O2/c1-6-5-7(14-12-6)10-8(13)11-9(2,3)4/h5H,1-4H3,(H2,10,11,13). The first kappa shape index (κ1) is 10.6. The van der Waals surface area contributed by atoms with Crippen molar-refractivity contribution in [1.82, 2.24) is 10.5 Å². The molecule has 0 radical (unpaired) electrons.